The van der Waals surface area contributed by atoms with Crippen LogP contribution >= 0.6 is 0 Å². The van der Waals surface area contributed by atoms with E-state index in [1.165, 1.54) is 0 Å². The van der Waals surface area contributed by atoms with E-state index in [4.69, 9.17) is 10.2 Å². The molecule has 1 rings (SSSR count). The Morgan fingerprint density at radius 3 is 2.85 bits per heavy atom. The van der Waals surface area contributed by atoms with E-state index in [0.717, 1.165) is 12.8 Å². The van der Waals surface area contributed by atoms with Gasteiger partial charge in [0.15, 0.2) is 11.5 Å². The zero-order valence-corrected chi connectivity index (χ0v) is 7.88. The van der Waals surface area contributed by atoms with Crippen molar-refractivity contribution in [1.82, 2.24) is 0 Å². The monoisotopic (exact) mass is 181 g/mol. The third-order valence-corrected chi connectivity index (χ3v) is 1.90. The van der Waals surface area contributed by atoms with Crippen LogP contribution in [-0.2, 0) is 6.54 Å². The Morgan fingerprint density at radius 1 is 1.54 bits per heavy atom. The molecule has 0 spiro atoms. The Labute approximate surface area is 77.9 Å². The summed E-state index contributed by atoms with van der Waals surface area (Å²) < 4.78 is 5.22. The van der Waals surface area contributed by atoms with Crippen molar-refractivity contribution in [2.45, 2.75) is 32.7 Å². The summed E-state index contributed by atoms with van der Waals surface area (Å²) in [7, 11) is 0. The molecule has 0 radical (unpaired) electrons. The van der Waals surface area contributed by atoms with Crippen LogP contribution in [0.15, 0.2) is 16.5 Å². The highest BCUT2D eigenvalue weighted by molar-refractivity contribution is 5.93. The van der Waals surface area contributed by atoms with Crippen molar-refractivity contribution in [3.63, 3.8) is 0 Å². The lowest BCUT2D eigenvalue weighted by atomic mass is 10.1. The molecule has 0 aromatic carbocycles. The number of furan rings is 1. The van der Waals surface area contributed by atoms with E-state index < -0.39 is 0 Å². The molecule has 0 atom stereocenters. The molecule has 3 nitrogen and oxygen atoms in total. The smallest absolute Gasteiger partial charge is 0.197 e. The van der Waals surface area contributed by atoms with Crippen molar-refractivity contribution < 1.29 is 9.21 Å². The fourth-order valence-electron chi connectivity index (χ4n) is 1.10. The molecule has 0 aliphatic carbocycles. The zero-order chi connectivity index (χ0) is 9.68. The highest BCUT2D eigenvalue weighted by atomic mass is 16.3. The van der Waals surface area contributed by atoms with Gasteiger partial charge in [0.1, 0.15) is 5.76 Å². The minimum absolute atomic E-state index is 0.0709. The SMILES string of the molecule is CCCCC(=O)c1ccc(CN)o1. The molecule has 1 aromatic rings. The first-order valence-electron chi connectivity index (χ1n) is 4.60. The minimum atomic E-state index is 0.0709. The van der Waals surface area contributed by atoms with Crippen LogP contribution in [0.3, 0.4) is 0 Å². The number of carbonyl (C=O) groups is 1. The largest absolute Gasteiger partial charge is 0.457 e. The Kier molecular flexibility index (Phi) is 3.71. The summed E-state index contributed by atoms with van der Waals surface area (Å²) in [5.41, 5.74) is 5.36. The van der Waals surface area contributed by atoms with Gasteiger partial charge in [-0.15, -0.1) is 0 Å². The van der Waals surface area contributed by atoms with Gasteiger partial charge in [0.25, 0.3) is 0 Å². The van der Waals surface area contributed by atoms with Crippen LogP contribution in [0.2, 0.25) is 0 Å². The lowest BCUT2D eigenvalue weighted by Gasteiger charge is -1.94. The number of unbranched alkanes of at least 4 members (excludes halogenated alkanes) is 1. The van der Waals surface area contributed by atoms with Gasteiger partial charge < -0.3 is 10.2 Å². The van der Waals surface area contributed by atoms with Crippen molar-refractivity contribution in [2.75, 3.05) is 0 Å². The molecule has 0 saturated carbocycles. The summed E-state index contributed by atoms with van der Waals surface area (Å²) in [4.78, 5) is 11.4. The summed E-state index contributed by atoms with van der Waals surface area (Å²) in [6.45, 7) is 2.40. The topological polar surface area (TPSA) is 56.2 Å². The number of carbonyl (C=O) groups excluding carboxylic acids is 1. The second-order valence-electron chi connectivity index (χ2n) is 3.00. The second-order valence-corrected chi connectivity index (χ2v) is 3.00. The first-order valence-corrected chi connectivity index (χ1v) is 4.60. The Morgan fingerprint density at radius 2 is 2.31 bits per heavy atom. The average molecular weight is 181 g/mol. The summed E-state index contributed by atoms with van der Waals surface area (Å²) >= 11 is 0. The molecule has 3 heteroatoms. The van der Waals surface area contributed by atoms with Gasteiger partial charge in [-0.1, -0.05) is 13.3 Å². The molecular weight excluding hydrogens is 166 g/mol. The highest BCUT2D eigenvalue weighted by Crippen LogP contribution is 2.11. The highest BCUT2D eigenvalue weighted by Gasteiger charge is 2.09. The van der Waals surface area contributed by atoms with E-state index in [-0.39, 0.29) is 5.78 Å². The third kappa shape index (κ3) is 2.70. The maximum Gasteiger partial charge on any atom is 0.197 e. The molecular formula is C10H15NO2. The van der Waals surface area contributed by atoms with Crippen LogP contribution in [0.5, 0.6) is 0 Å². The number of hydrogen-bond acceptors (Lipinski definition) is 3. The first-order chi connectivity index (χ1) is 6.27. The van der Waals surface area contributed by atoms with Crippen LogP contribution in [0.4, 0.5) is 0 Å². The molecule has 0 bridgehead atoms. The van der Waals surface area contributed by atoms with Gasteiger partial charge in [-0.2, -0.15) is 0 Å². The van der Waals surface area contributed by atoms with Crippen LogP contribution in [0, 0.1) is 0 Å². The predicted octanol–water partition coefficient (Wildman–Crippen LogP) is 2.11. The molecule has 2 N–H and O–H groups in total. The van der Waals surface area contributed by atoms with Gasteiger partial charge in [-0.25, -0.2) is 0 Å². The molecule has 1 heterocycles. The lowest BCUT2D eigenvalue weighted by molar-refractivity contribution is 0.0951. The van der Waals surface area contributed by atoms with Crippen molar-refractivity contribution in [2.24, 2.45) is 5.73 Å². The van der Waals surface area contributed by atoms with E-state index in [1.807, 2.05) is 0 Å². The predicted molar refractivity (Wildman–Crippen MR) is 50.5 cm³/mol. The summed E-state index contributed by atoms with van der Waals surface area (Å²) in [6.07, 6.45) is 2.50. The number of nitrogens with two attached hydrogens (primary N) is 1. The van der Waals surface area contributed by atoms with Crippen LogP contribution in [0.25, 0.3) is 0 Å². The van der Waals surface area contributed by atoms with E-state index in [1.54, 1.807) is 12.1 Å². The van der Waals surface area contributed by atoms with E-state index in [0.29, 0.717) is 24.5 Å². The molecule has 0 aliphatic rings. The first kappa shape index (κ1) is 9.99. The summed E-state index contributed by atoms with van der Waals surface area (Å²) in [6, 6.07) is 3.44. The van der Waals surface area contributed by atoms with Crippen LogP contribution in [-0.4, -0.2) is 5.78 Å². The molecule has 0 unspecified atom stereocenters. The molecule has 13 heavy (non-hydrogen) atoms. The molecule has 1 aromatic heterocycles. The number of rotatable bonds is 5. The molecule has 0 aliphatic heterocycles. The van der Waals surface area contributed by atoms with Gasteiger partial charge >= 0.3 is 0 Å². The van der Waals surface area contributed by atoms with Crippen molar-refractivity contribution in [3.8, 4) is 0 Å². The number of ketones is 1. The van der Waals surface area contributed by atoms with Crippen molar-refractivity contribution >= 4 is 5.78 Å². The van der Waals surface area contributed by atoms with Crippen LogP contribution < -0.4 is 5.73 Å². The number of hydrogen-bond donors (Lipinski definition) is 1. The van der Waals surface area contributed by atoms with Gasteiger partial charge in [0.05, 0.1) is 6.54 Å². The Balaban J connectivity index is 2.55. The van der Waals surface area contributed by atoms with Crippen molar-refractivity contribution in [1.29, 1.82) is 0 Å². The third-order valence-electron chi connectivity index (χ3n) is 1.90. The van der Waals surface area contributed by atoms with Gasteiger partial charge in [-0.3, -0.25) is 4.79 Å². The van der Waals surface area contributed by atoms with Crippen molar-refractivity contribution in [3.05, 3.63) is 23.7 Å². The summed E-state index contributed by atoms with van der Waals surface area (Å²) in [5, 5.41) is 0. The standard InChI is InChI=1S/C10H15NO2/c1-2-3-4-9(12)10-6-5-8(7-11)13-10/h5-6H,2-4,7,11H2,1H3. The van der Waals surface area contributed by atoms with E-state index >= 15 is 0 Å². The normalized spacial score (nSPS) is 10.3. The lowest BCUT2D eigenvalue weighted by Crippen LogP contribution is -1.97. The van der Waals surface area contributed by atoms with Crippen LogP contribution in [0.1, 0.15) is 42.5 Å². The fraction of sp³-hybridized carbons (Fsp3) is 0.500. The van der Waals surface area contributed by atoms with E-state index in [9.17, 15) is 4.79 Å². The van der Waals surface area contributed by atoms with Gasteiger partial charge in [-0.05, 0) is 18.6 Å². The van der Waals surface area contributed by atoms with Gasteiger partial charge in [0.2, 0.25) is 0 Å². The molecule has 0 saturated heterocycles. The molecule has 72 valence electrons. The fourth-order valence-corrected chi connectivity index (χ4v) is 1.10. The van der Waals surface area contributed by atoms with E-state index in [2.05, 4.69) is 6.92 Å². The zero-order valence-electron chi connectivity index (χ0n) is 7.88. The Bertz CT molecular complexity index is 278. The number of Topliss-reactive ketones (excluding diaryl/α,β-unsaturated/α-hetero) is 1. The molecule has 0 fully saturated rings. The maximum atomic E-state index is 11.4. The average Bonchev–Trinajstić information content (AvgIpc) is 2.62. The quantitative estimate of drug-likeness (QED) is 0.708. The minimum Gasteiger partial charge on any atom is -0.457 e. The van der Waals surface area contributed by atoms with Gasteiger partial charge in [0, 0.05) is 6.42 Å². The Hall–Kier alpha value is -1.09. The summed E-state index contributed by atoms with van der Waals surface area (Å²) in [5.74, 6) is 1.18. The maximum absolute atomic E-state index is 11.4. The molecule has 0 amide bonds. The second kappa shape index (κ2) is 4.82.